The molecule has 20 heavy (non-hydrogen) atoms. The molecule has 1 N–H and O–H groups in total. The number of rotatable bonds is 6. The van der Waals surface area contributed by atoms with Crippen molar-refractivity contribution >= 4 is 11.6 Å². The molecule has 0 aliphatic heterocycles. The van der Waals surface area contributed by atoms with Crippen molar-refractivity contribution in [2.75, 3.05) is 13.6 Å². The van der Waals surface area contributed by atoms with Gasteiger partial charge < -0.3 is 5.32 Å². The molecule has 2 aromatic carbocycles. The molecule has 2 rings (SSSR count). The van der Waals surface area contributed by atoms with Gasteiger partial charge in [0.05, 0.1) is 0 Å². The largest absolute Gasteiger partial charge is 0.319 e. The second kappa shape index (κ2) is 7.41. The van der Waals surface area contributed by atoms with Gasteiger partial charge in [-0.25, -0.2) is 4.39 Å². The fourth-order valence-electron chi connectivity index (χ4n) is 2.50. The molecule has 1 atom stereocenters. The van der Waals surface area contributed by atoms with Crippen LogP contribution in [0.1, 0.15) is 11.1 Å². The zero-order chi connectivity index (χ0) is 14.4. The molecule has 0 fully saturated rings. The summed E-state index contributed by atoms with van der Waals surface area (Å²) in [7, 11) is 1.94. The summed E-state index contributed by atoms with van der Waals surface area (Å²) >= 11 is 6.02. The van der Waals surface area contributed by atoms with Gasteiger partial charge in [0.2, 0.25) is 0 Å². The average molecular weight is 292 g/mol. The van der Waals surface area contributed by atoms with Crippen LogP contribution in [0.5, 0.6) is 0 Å². The topological polar surface area (TPSA) is 12.0 Å². The van der Waals surface area contributed by atoms with E-state index < -0.39 is 0 Å². The van der Waals surface area contributed by atoms with Crippen LogP contribution in [0.15, 0.2) is 48.5 Å². The minimum atomic E-state index is -0.173. The summed E-state index contributed by atoms with van der Waals surface area (Å²) in [5, 5.41) is 3.97. The molecule has 0 bridgehead atoms. The molecule has 0 radical (unpaired) electrons. The highest BCUT2D eigenvalue weighted by molar-refractivity contribution is 6.30. The first kappa shape index (κ1) is 15.0. The molecule has 0 heterocycles. The van der Waals surface area contributed by atoms with Gasteiger partial charge in [0.25, 0.3) is 0 Å². The third kappa shape index (κ3) is 4.62. The maximum atomic E-state index is 13.3. The Morgan fingerprint density at radius 1 is 1.05 bits per heavy atom. The Balaban J connectivity index is 2.07. The van der Waals surface area contributed by atoms with Crippen LogP contribution in [0.25, 0.3) is 0 Å². The lowest BCUT2D eigenvalue weighted by Gasteiger charge is -2.17. The number of benzene rings is 2. The van der Waals surface area contributed by atoms with E-state index in [9.17, 15) is 4.39 Å². The zero-order valence-electron chi connectivity index (χ0n) is 11.6. The molecule has 0 saturated carbocycles. The normalized spacial score (nSPS) is 12.3. The minimum absolute atomic E-state index is 0.173. The SMILES string of the molecule is CNCC(Cc1cccc(F)c1)Cc1cccc(Cl)c1. The Bertz CT molecular complexity index is 509. The molecule has 0 aliphatic rings. The lowest BCUT2D eigenvalue weighted by atomic mass is 9.92. The molecule has 0 amide bonds. The highest BCUT2D eigenvalue weighted by Crippen LogP contribution is 2.18. The maximum absolute atomic E-state index is 13.3. The molecule has 0 aromatic heterocycles. The summed E-state index contributed by atoms with van der Waals surface area (Å²) in [5.74, 6) is 0.244. The first-order chi connectivity index (χ1) is 9.67. The summed E-state index contributed by atoms with van der Waals surface area (Å²) < 4.78 is 13.3. The zero-order valence-corrected chi connectivity index (χ0v) is 12.3. The van der Waals surface area contributed by atoms with Crippen molar-refractivity contribution in [1.29, 1.82) is 0 Å². The van der Waals surface area contributed by atoms with E-state index in [-0.39, 0.29) is 5.82 Å². The van der Waals surface area contributed by atoms with E-state index in [1.807, 2.05) is 31.3 Å². The van der Waals surface area contributed by atoms with Crippen LogP contribution in [-0.4, -0.2) is 13.6 Å². The molecule has 0 aliphatic carbocycles. The monoisotopic (exact) mass is 291 g/mol. The van der Waals surface area contributed by atoms with Crippen LogP contribution in [0, 0.1) is 11.7 Å². The Labute approximate surface area is 124 Å². The third-order valence-electron chi connectivity index (χ3n) is 3.32. The summed E-state index contributed by atoms with van der Waals surface area (Å²) in [6.45, 7) is 0.892. The van der Waals surface area contributed by atoms with Crippen LogP contribution < -0.4 is 5.32 Å². The summed E-state index contributed by atoms with van der Waals surface area (Å²) in [6.07, 6.45) is 1.78. The van der Waals surface area contributed by atoms with Crippen molar-refractivity contribution in [3.05, 3.63) is 70.5 Å². The lowest BCUT2D eigenvalue weighted by Crippen LogP contribution is -2.22. The second-order valence-corrected chi connectivity index (χ2v) is 5.53. The standard InChI is InChI=1S/C17H19ClFN/c1-20-12-15(8-13-4-2-6-16(18)10-13)9-14-5-3-7-17(19)11-14/h2-7,10-11,15,20H,8-9,12H2,1H3. The highest BCUT2D eigenvalue weighted by Gasteiger charge is 2.11. The van der Waals surface area contributed by atoms with Gasteiger partial charge in [-0.05, 0) is 67.7 Å². The Morgan fingerprint density at radius 2 is 1.70 bits per heavy atom. The van der Waals surface area contributed by atoms with Crippen molar-refractivity contribution in [3.8, 4) is 0 Å². The van der Waals surface area contributed by atoms with Crippen molar-refractivity contribution in [3.63, 3.8) is 0 Å². The minimum Gasteiger partial charge on any atom is -0.319 e. The van der Waals surface area contributed by atoms with E-state index in [0.29, 0.717) is 5.92 Å². The molecular weight excluding hydrogens is 273 g/mol. The van der Waals surface area contributed by atoms with Crippen molar-refractivity contribution in [2.45, 2.75) is 12.8 Å². The number of halogens is 2. The van der Waals surface area contributed by atoms with Gasteiger partial charge in [0.15, 0.2) is 0 Å². The molecule has 1 unspecified atom stereocenters. The number of hydrogen-bond acceptors (Lipinski definition) is 1. The highest BCUT2D eigenvalue weighted by atomic mass is 35.5. The van der Waals surface area contributed by atoms with Gasteiger partial charge in [0, 0.05) is 5.02 Å². The predicted octanol–water partition coefficient (Wildman–Crippen LogP) is 4.10. The van der Waals surface area contributed by atoms with Crippen LogP contribution in [0.2, 0.25) is 5.02 Å². The van der Waals surface area contributed by atoms with Gasteiger partial charge >= 0.3 is 0 Å². The van der Waals surface area contributed by atoms with Crippen LogP contribution in [0.3, 0.4) is 0 Å². The first-order valence-electron chi connectivity index (χ1n) is 6.81. The van der Waals surface area contributed by atoms with Gasteiger partial charge in [-0.3, -0.25) is 0 Å². The molecule has 2 aromatic rings. The van der Waals surface area contributed by atoms with E-state index in [0.717, 1.165) is 30.0 Å². The van der Waals surface area contributed by atoms with Crippen LogP contribution in [0.4, 0.5) is 4.39 Å². The Kier molecular flexibility index (Phi) is 5.57. The number of nitrogens with one attached hydrogen (secondary N) is 1. The molecular formula is C17H19ClFN. The Morgan fingerprint density at radius 3 is 2.30 bits per heavy atom. The average Bonchev–Trinajstić information content (AvgIpc) is 2.39. The van der Waals surface area contributed by atoms with Crippen LogP contribution in [-0.2, 0) is 12.8 Å². The van der Waals surface area contributed by atoms with E-state index in [1.54, 1.807) is 12.1 Å². The molecule has 3 heteroatoms. The van der Waals surface area contributed by atoms with E-state index in [1.165, 1.54) is 11.6 Å². The quantitative estimate of drug-likeness (QED) is 0.845. The second-order valence-electron chi connectivity index (χ2n) is 5.09. The van der Waals surface area contributed by atoms with Crippen molar-refractivity contribution < 1.29 is 4.39 Å². The Hall–Kier alpha value is -1.38. The molecule has 1 nitrogen and oxygen atoms in total. The maximum Gasteiger partial charge on any atom is 0.123 e. The fraction of sp³-hybridized carbons (Fsp3) is 0.294. The third-order valence-corrected chi connectivity index (χ3v) is 3.55. The molecule has 0 spiro atoms. The smallest absolute Gasteiger partial charge is 0.123 e. The van der Waals surface area contributed by atoms with Crippen LogP contribution >= 0.6 is 11.6 Å². The fourth-order valence-corrected chi connectivity index (χ4v) is 2.71. The summed E-state index contributed by atoms with van der Waals surface area (Å²) in [6, 6.07) is 14.8. The molecule has 106 valence electrons. The predicted molar refractivity (Wildman–Crippen MR) is 82.7 cm³/mol. The number of hydrogen-bond donors (Lipinski definition) is 1. The summed E-state index contributed by atoms with van der Waals surface area (Å²) in [5.41, 5.74) is 2.25. The van der Waals surface area contributed by atoms with Crippen molar-refractivity contribution in [2.24, 2.45) is 5.92 Å². The van der Waals surface area contributed by atoms with Gasteiger partial charge in [-0.15, -0.1) is 0 Å². The van der Waals surface area contributed by atoms with Gasteiger partial charge in [-0.1, -0.05) is 35.9 Å². The lowest BCUT2D eigenvalue weighted by molar-refractivity contribution is 0.491. The van der Waals surface area contributed by atoms with E-state index in [2.05, 4.69) is 11.4 Å². The van der Waals surface area contributed by atoms with E-state index >= 15 is 0 Å². The van der Waals surface area contributed by atoms with E-state index in [4.69, 9.17) is 11.6 Å². The first-order valence-corrected chi connectivity index (χ1v) is 7.18. The van der Waals surface area contributed by atoms with Crippen molar-refractivity contribution in [1.82, 2.24) is 5.32 Å². The van der Waals surface area contributed by atoms with Gasteiger partial charge in [-0.2, -0.15) is 0 Å². The molecule has 0 saturated heterocycles. The summed E-state index contributed by atoms with van der Waals surface area (Å²) in [4.78, 5) is 0. The van der Waals surface area contributed by atoms with Gasteiger partial charge in [0.1, 0.15) is 5.82 Å².